The second-order valence-corrected chi connectivity index (χ2v) is 13.0. The van der Waals surface area contributed by atoms with Crippen molar-refractivity contribution in [1.82, 2.24) is 41.5 Å². The van der Waals surface area contributed by atoms with Crippen molar-refractivity contribution >= 4 is 47.8 Å². The van der Waals surface area contributed by atoms with Crippen molar-refractivity contribution in [2.75, 3.05) is 45.9 Å². The van der Waals surface area contributed by atoms with Crippen LogP contribution in [0, 0.1) is 6.92 Å². The van der Waals surface area contributed by atoms with Crippen molar-refractivity contribution in [2.24, 2.45) is 0 Å². The van der Waals surface area contributed by atoms with Crippen molar-refractivity contribution in [1.29, 1.82) is 0 Å². The SMILES string of the molecule is Cc1cn([C@H]2C[C@H](OC(=O)CNC(=O)CNC(=O)CNC(=O)OCc3ccccc3)[C@@H](COC(=O)CNC(=O)CNC(=O)CNC(=O)OCc3ccccc3)O2)c(=O)[nH]c1=O. The van der Waals surface area contributed by atoms with Crippen LogP contribution in [0.4, 0.5) is 9.59 Å². The zero-order chi connectivity index (χ0) is 44.1. The molecule has 0 saturated carbocycles. The number of carbonyl (C=O) groups excluding carboxylic acids is 8. The van der Waals surface area contributed by atoms with Gasteiger partial charge in [0.1, 0.15) is 64.4 Å². The fraction of sp³-hybridized carbons (Fsp3) is 0.368. The third kappa shape index (κ3) is 16.7. The van der Waals surface area contributed by atoms with Gasteiger partial charge in [-0.25, -0.2) is 14.4 Å². The average Bonchev–Trinajstić information content (AvgIpc) is 3.65. The third-order valence-electron chi connectivity index (χ3n) is 8.29. The van der Waals surface area contributed by atoms with Crippen molar-refractivity contribution in [3.63, 3.8) is 0 Å². The second kappa shape index (κ2) is 23.7. The molecule has 23 heteroatoms. The Morgan fingerprint density at radius 3 is 1.61 bits per heavy atom. The number of alkyl carbamates (subject to hydrolysis) is 2. The maximum absolute atomic E-state index is 12.8. The predicted molar refractivity (Wildman–Crippen MR) is 207 cm³/mol. The lowest BCUT2D eigenvalue weighted by Crippen LogP contribution is -2.44. The Kier molecular flexibility index (Phi) is 18.0. The summed E-state index contributed by atoms with van der Waals surface area (Å²) < 4.78 is 27.6. The van der Waals surface area contributed by atoms with Gasteiger partial charge in [-0.1, -0.05) is 60.7 Å². The summed E-state index contributed by atoms with van der Waals surface area (Å²) in [6, 6.07) is 17.7. The Balaban J connectivity index is 1.17. The largest absolute Gasteiger partial charge is 0.461 e. The average molecular weight is 853 g/mol. The molecule has 0 radical (unpaired) electrons. The summed E-state index contributed by atoms with van der Waals surface area (Å²) in [7, 11) is 0. The Bertz CT molecular complexity index is 2150. The highest BCUT2D eigenvalue weighted by Gasteiger charge is 2.40. The number of nitrogens with one attached hydrogen (secondary N) is 7. The number of aromatic amines is 1. The van der Waals surface area contributed by atoms with E-state index in [4.69, 9.17) is 23.7 Å². The van der Waals surface area contributed by atoms with Gasteiger partial charge in [-0.15, -0.1) is 0 Å². The number of carbonyl (C=O) groups is 8. The van der Waals surface area contributed by atoms with Gasteiger partial charge in [0.15, 0.2) is 0 Å². The summed E-state index contributed by atoms with van der Waals surface area (Å²) in [6.45, 7) is -2.49. The molecule has 0 spiro atoms. The molecule has 1 aliphatic rings. The first-order valence-electron chi connectivity index (χ1n) is 18.5. The van der Waals surface area contributed by atoms with Crippen LogP contribution in [-0.2, 0) is 65.7 Å². The van der Waals surface area contributed by atoms with E-state index in [2.05, 4.69) is 36.9 Å². The lowest BCUT2D eigenvalue weighted by Gasteiger charge is -2.19. The molecule has 3 atom stereocenters. The number of ether oxygens (including phenoxy) is 5. The quantitative estimate of drug-likeness (QED) is 0.0473. The highest BCUT2D eigenvalue weighted by atomic mass is 16.6. The molecule has 4 rings (SSSR count). The summed E-state index contributed by atoms with van der Waals surface area (Å²) in [5, 5.41) is 13.5. The third-order valence-corrected chi connectivity index (χ3v) is 8.29. The van der Waals surface area contributed by atoms with Crippen LogP contribution in [0.25, 0.3) is 0 Å². The van der Waals surface area contributed by atoms with Crippen molar-refractivity contribution in [3.05, 3.63) is 104 Å². The van der Waals surface area contributed by atoms with Crippen LogP contribution in [0.5, 0.6) is 0 Å². The number of H-pyrrole nitrogens is 1. The van der Waals surface area contributed by atoms with Crippen LogP contribution >= 0.6 is 0 Å². The van der Waals surface area contributed by atoms with Gasteiger partial charge in [0.25, 0.3) is 5.56 Å². The molecule has 7 N–H and O–H groups in total. The summed E-state index contributed by atoms with van der Waals surface area (Å²) in [4.78, 5) is 124. The number of aromatic nitrogens is 2. The molecule has 1 aliphatic heterocycles. The van der Waals surface area contributed by atoms with E-state index < -0.39 is 123 Å². The van der Waals surface area contributed by atoms with E-state index in [1.165, 1.54) is 13.1 Å². The molecule has 23 nitrogen and oxygen atoms in total. The van der Waals surface area contributed by atoms with Crippen LogP contribution in [0.15, 0.2) is 76.4 Å². The lowest BCUT2D eigenvalue weighted by atomic mass is 10.2. The fourth-order valence-electron chi connectivity index (χ4n) is 5.18. The molecule has 2 heterocycles. The summed E-state index contributed by atoms with van der Waals surface area (Å²) in [6.07, 6.45) is -4.03. The molecule has 61 heavy (non-hydrogen) atoms. The molecule has 1 fully saturated rings. The molecule has 1 saturated heterocycles. The van der Waals surface area contributed by atoms with Gasteiger partial charge in [0.05, 0.1) is 13.1 Å². The van der Waals surface area contributed by atoms with E-state index in [1.807, 2.05) is 0 Å². The maximum atomic E-state index is 12.8. The number of hydrogen-bond donors (Lipinski definition) is 7. The molecule has 2 aromatic carbocycles. The van der Waals surface area contributed by atoms with E-state index in [9.17, 15) is 47.9 Å². The Labute approximate surface area is 346 Å². The highest BCUT2D eigenvalue weighted by Crippen LogP contribution is 2.30. The molecular formula is C38H44N8O15. The first-order chi connectivity index (χ1) is 29.2. The number of nitrogens with zero attached hydrogens (tertiary/aromatic N) is 1. The second-order valence-electron chi connectivity index (χ2n) is 13.0. The summed E-state index contributed by atoms with van der Waals surface area (Å²) >= 11 is 0. The van der Waals surface area contributed by atoms with E-state index in [0.29, 0.717) is 0 Å². The van der Waals surface area contributed by atoms with Gasteiger partial charge in [-0.2, -0.15) is 0 Å². The topological polar surface area (TPSA) is 310 Å². The highest BCUT2D eigenvalue weighted by molar-refractivity contribution is 5.89. The minimum absolute atomic E-state index is 0.0105. The predicted octanol–water partition coefficient (Wildman–Crippen LogP) is -2.09. The van der Waals surface area contributed by atoms with Crippen LogP contribution in [0.3, 0.4) is 0 Å². The molecular weight excluding hydrogens is 808 g/mol. The van der Waals surface area contributed by atoms with Crippen LogP contribution in [0.2, 0.25) is 0 Å². The number of rotatable bonds is 20. The fourth-order valence-corrected chi connectivity index (χ4v) is 5.18. The lowest BCUT2D eigenvalue weighted by molar-refractivity contribution is -0.158. The summed E-state index contributed by atoms with van der Waals surface area (Å²) in [5.74, 6) is -4.91. The molecule has 0 bridgehead atoms. The Morgan fingerprint density at radius 1 is 0.639 bits per heavy atom. The molecule has 6 amide bonds. The number of hydrogen-bond acceptors (Lipinski definition) is 15. The summed E-state index contributed by atoms with van der Waals surface area (Å²) in [5.41, 5.74) is 0.194. The zero-order valence-electron chi connectivity index (χ0n) is 32.7. The van der Waals surface area contributed by atoms with Gasteiger partial charge in [0.2, 0.25) is 23.6 Å². The number of aryl methyl sites for hydroxylation is 1. The standard InChI is InChI=1S/C38H44N8O15/c1-23-19-46(36(54)45-35(23)53)32-12-26(61-34(52)18-42-29(48)14-40-31(50)16-44-38(56)59-21-25-10-6-3-7-11-25)27(60-32)22-57-33(51)17-41-28(47)13-39-30(49)15-43-37(55)58-20-24-8-4-2-5-9-24/h2-11,19,26-27,32H,12-18,20-22H2,1H3,(H,39,49)(H,40,50)(H,41,47)(H,42,48)(H,43,55)(H,44,56)(H,45,53,54)/t26-,27+,32+/m0/s1. The minimum atomic E-state index is -1.17. The van der Waals surface area contributed by atoms with Gasteiger partial charge in [-0.3, -0.25) is 43.1 Å². The molecule has 1 aromatic heterocycles. The van der Waals surface area contributed by atoms with Gasteiger partial charge >= 0.3 is 29.8 Å². The first-order valence-corrected chi connectivity index (χ1v) is 18.5. The number of amides is 6. The number of esters is 2. The van der Waals surface area contributed by atoms with E-state index in [1.54, 1.807) is 60.7 Å². The molecule has 326 valence electrons. The minimum Gasteiger partial charge on any atom is -0.461 e. The Hall–Kier alpha value is -7.56. The van der Waals surface area contributed by atoms with Gasteiger partial charge < -0.3 is 55.6 Å². The van der Waals surface area contributed by atoms with Crippen molar-refractivity contribution in [3.8, 4) is 0 Å². The molecule has 0 aliphatic carbocycles. The molecule has 0 unspecified atom stereocenters. The normalized spacial score (nSPS) is 15.3. The van der Waals surface area contributed by atoms with E-state index in [-0.39, 0.29) is 25.2 Å². The smallest absolute Gasteiger partial charge is 0.407 e. The van der Waals surface area contributed by atoms with Gasteiger partial charge in [0, 0.05) is 18.2 Å². The van der Waals surface area contributed by atoms with Gasteiger partial charge in [-0.05, 0) is 18.1 Å². The zero-order valence-corrected chi connectivity index (χ0v) is 32.7. The van der Waals surface area contributed by atoms with Crippen LogP contribution < -0.4 is 43.1 Å². The van der Waals surface area contributed by atoms with E-state index in [0.717, 1.165) is 15.7 Å². The van der Waals surface area contributed by atoms with Crippen molar-refractivity contribution < 1.29 is 62.0 Å². The maximum Gasteiger partial charge on any atom is 0.407 e. The first kappa shape index (κ1) is 46.1. The Morgan fingerprint density at radius 2 is 1.10 bits per heavy atom. The van der Waals surface area contributed by atoms with Crippen molar-refractivity contribution in [2.45, 2.75) is 45.0 Å². The van der Waals surface area contributed by atoms with E-state index >= 15 is 0 Å². The van der Waals surface area contributed by atoms with Crippen LogP contribution in [0.1, 0.15) is 29.3 Å². The number of benzene rings is 2. The van der Waals surface area contributed by atoms with Crippen LogP contribution in [-0.4, -0.2) is 115 Å². The molecule has 3 aromatic rings. The monoisotopic (exact) mass is 852 g/mol.